The zero-order chi connectivity index (χ0) is 21.3. The molecular formula is C25H29FN2O2. The monoisotopic (exact) mass is 408 g/mol. The normalized spacial score (nSPS) is 21.2. The van der Waals surface area contributed by atoms with E-state index in [0.717, 1.165) is 37.2 Å². The van der Waals surface area contributed by atoms with Gasteiger partial charge in [-0.3, -0.25) is 9.59 Å². The summed E-state index contributed by atoms with van der Waals surface area (Å²) >= 11 is 0. The van der Waals surface area contributed by atoms with Crippen molar-refractivity contribution < 1.29 is 14.0 Å². The van der Waals surface area contributed by atoms with Crippen molar-refractivity contribution in [3.63, 3.8) is 0 Å². The van der Waals surface area contributed by atoms with E-state index in [4.69, 9.17) is 0 Å². The molecule has 0 spiro atoms. The van der Waals surface area contributed by atoms with Crippen molar-refractivity contribution in [1.29, 1.82) is 0 Å². The minimum Gasteiger partial charge on any atom is -0.333 e. The average molecular weight is 409 g/mol. The zero-order valence-corrected chi connectivity index (χ0v) is 17.7. The first-order valence-corrected chi connectivity index (χ1v) is 10.9. The van der Waals surface area contributed by atoms with Gasteiger partial charge in [0.25, 0.3) is 11.8 Å². The van der Waals surface area contributed by atoms with E-state index in [0.29, 0.717) is 23.3 Å². The highest BCUT2D eigenvalue weighted by molar-refractivity contribution is 6.05. The van der Waals surface area contributed by atoms with Crippen molar-refractivity contribution in [2.45, 2.75) is 64.5 Å². The molecule has 2 aliphatic rings. The maximum atomic E-state index is 14.0. The van der Waals surface area contributed by atoms with Gasteiger partial charge in [0.15, 0.2) is 0 Å². The number of nitrogens with one attached hydrogen (secondary N) is 1. The van der Waals surface area contributed by atoms with Crippen molar-refractivity contribution in [2.24, 2.45) is 5.92 Å². The van der Waals surface area contributed by atoms with Gasteiger partial charge in [-0.1, -0.05) is 25.1 Å². The minimum atomic E-state index is -0.564. The van der Waals surface area contributed by atoms with Crippen LogP contribution in [0.4, 0.5) is 10.1 Å². The van der Waals surface area contributed by atoms with Gasteiger partial charge in [-0.05, 0) is 81.2 Å². The Hall–Kier alpha value is -2.69. The molecule has 158 valence electrons. The number of amides is 2. The highest BCUT2D eigenvalue weighted by atomic mass is 19.1. The molecule has 4 nitrogen and oxygen atoms in total. The van der Waals surface area contributed by atoms with Gasteiger partial charge in [-0.25, -0.2) is 4.39 Å². The van der Waals surface area contributed by atoms with E-state index in [2.05, 4.69) is 17.1 Å². The predicted molar refractivity (Wildman–Crippen MR) is 116 cm³/mol. The summed E-state index contributed by atoms with van der Waals surface area (Å²) in [4.78, 5) is 28.1. The zero-order valence-electron chi connectivity index (χ0n) is 17.7. The number of anilines is 1. The molecule has 0 aliphatic heterocycles. The third-order valence-electron chi connectivity index (χ3n) is 6.40. The molecule has 0 atom stereocenters. The summed E-state index contributed by atoms with van der Waals surface area (Å²) in [5, 5.41) is 2.78. The van der Waals surface area contributed by atoms with Crippen LogP contribution in [0.5, 0.6) is 0 Å². The Labute approximate surface area is 177 Å². The van der Waals surface area contributed by atoms with Gasteiger partial charge < -0.3 is 10.2 Å². The Morgan fingerprint density at radius 3 is 2.23 bits per heavy atom. The second kappa shape index (κ2) is 8.58. The summed E-state index contributed by atoms with van der Waals surface area (Å²) in [6.45, 7) is 4.15. The molecule has 0 bridgehead atoms. The van der Waals surface area contributed by atoms with Gasteiger partial charge in [0.1, 0.15) is 5.82 Å². The lowest BCUT2D eigenvalue weighted by Gasteiger charge is -2.36. The Balaban J connectivity index is 1.55. The first-order valence-electron chi connectivity index (χ1n) is 10.9. The van der Waals surface area contributed by atoms with Crippen LogP contribution in [-0.4, -0.2) is 28.8 Å². The van der Waals surface area contributed by atoms with Crippen molar-refractivity contribution in [2.75, 3.05) is 5.32 Å². The lowest BCUT2D eigenvalue weighted by Crippen LogP contribution is -2.43. The Morgan fingerprint density at radius 2 is 1.60 bits per heavy atom. The van der Waals surface area contributed by atoms with E-state index in [1.54, 1.807) is 18.2 Å². The number of aryl methyl sites for hydroxylation is 1. The highest BCUT2D eigenvalue weighted by Gasteiger charge is 2.38. The maximum Gasteiger partial charge on any atom is 0.258 e. The fraction of sp³-hybridized carbons (Fsp3) is 0.440. The van der Waals surface area contributed by atoms with Crippen LogP contribution in [0.2, 0.25) is 0 Å². The molecular weight excluding hydrogens is 379 g/mol. The van der Waals surface area contributed by atoms with Crippen LogP contribution in [0.25, 0.3) is 0 Å². The fourth-order valence-electron chi connectivity index (χ4n) is 4.38. The third kappa shape index (κ3) is 4.40. The van der Waals surface area contributed by atoms with Crippen LogP contribution in [0.3, 0.4) is 0 Å². The molecule has 0 aromatic heterocycles. The molecule has 1 N–H and O–H groups in total. The summed E-state index contributed by atoms with van der Waals surface area (Å²) in [5.74, 6) is -0.303. The number of carbonyl (C=O) groups excluding carboxylic acids is 2. The maximum absolute atomic E-state index is 14.0. The van der Waals surface area contributed by atoms with Crippen LogP contribution >= 0.6 is 0 Å². The van der Waals surface area contributed by atoms with Crippen molar-refractivity contribution >= 4 is 17.5 Å². The van der Waals surface area contributed by atoms with Crippen LogP contribution in [0, 0.1) is 18.7 Å². The van der Waals surface area contributed by atoms with E-state index in [1.165, 1.54) is 25.0 Å². The topological polar surface area (TPSA) is 49.4 Å². The second-order valence-corrected chi connectivity index (χ2v) is 8.82. The van der Waals surface area contributed by atoms with E-state index >= 15 is 0 Å². The van der Waals surface area contributed by atoms with Crippen LogP contribution in [-0.2, 0) is 0 Å². The van der Waals surface area contributed by atoms with E-state index < -0.39 is 11.7 Å². The molecule has 4 rings (SSSR count). The highest BCUT2D eigenvalue weighted by Crippen LogP contribution is 2.36. The minimum absolute atomic E-state index is 0.00966. The van der Waals surface area contributed by atoms with Gasteiger partial charge in [0.2, 0.25) is 0 Å². The van der Waals surface area contributed by atoms with Gasteiger partial charge in [0, 0.05) is 23.3 Å². The Kier molecular flexibility index (Phi) is 5.89. The first-order chi connectivity index (χ1) is 14.4. The molecule has 30 heavy (non-hydrogen) atoms. The van der Waals surface area contributed by atoms with E-state index in [1.807, 2.05) is 19.1 Å². The van der Waals surface area contributed by atoms with Crippen molar-refractivity contribution in [3.8, 4) is 0 Å². The van der Waals surface area contributed by atoms with Crippen molar-refractivity contribution in [3.05, 3.63) is 65.0 Å². The molecule has 2 fully saturated rings. The third-order valence-corrected chi connectivity index (χ3v) is 6.40. The molecule has 2 saturated carbocycles. The number of nitrogens with zero attached hydrogens (tertiary/aromatic N) is 1. The van der Waals surface area contributed by atoms with Crippen LogP contribution in [0.15, 0.2) is 42.5 Å². The molecule has 2 aliphatic carbocycles. The molecule has 0 heterocycles. The molecule has 2 amide bonds. The molecule has 0 unspecified atom stereocenters. The number of carbonyl (C=O) groups is 2. The molecule has 2 aromatic carbocycles. The number of hydrogen-bond acceptors (Lipinski definition) is 2. The molecule has 2 aromatic rings. The number of benzene rings is 2. The average Bonchev–Trinajstić information content (AvgIpc) is 3.56. The lowest BCUT2D eigenvalue weighted by atomic mass is 9.86. The van der Waals surface area contributed by atoms with Gasteiger partial charge in [-0.2, -0.15) is 0 Å². The summed E-state index contributed by atoms with van der Waals surface area (Å²) < 4.78 is 14.0. The SMILES string of the molecule is Cc1ccc(C(=O)N(C2CCC(C)CC2)C2CC2)cc1NC(=O)c1ccccc1F. The molecule has 0 radical (unpaired) electrons. The molecule has 5 heteroatoms. The molecule has 0 saturated heterocycles. The quantitative estimate of drug-likeness (QED) is 0.703. The van der Waals surface area contributed by atoms with Gasteiger partial charge >= 0.3 is 0 Å². The smallest absolute Gasteiger partial charge is 0.258 e. The summed E-state index contributed by atoms with van der Waals surface area (Å²) in [5.41, 5.74) is 1.95. The Bertz CT molecular complexity index is 946. The van der Waals surface area contributed by atoms with Crippen LogP contribution < -0.4 is 5.32 Å². The second-order valence-electron chi connectivity index (χ2n) is 8.82. The Morgan fingerprint density at radius 1 is 0.967 bits per heavy atom. The summed E-state index contributed by atoms with van der Waals surface area (Å²) in [7, 11) is 0. The standard InChI is InChI=1S/C25H29FN2O2/c1-16-7-11-19(12-8-16)28(20-13-14-20)25(30)18-10-9-17(2)23(15-18)27-24(29)21-5-3-4-6-22(21)26/h3-6,9-10,15-16,19-20H,7-8,11-14H2,1-2H3,(H,27,29). The lowest BCUT2D eigenvalue weighted by molar-refractivity contribution is 0.0593. The van der Waals surface area contributed by atoms with E-state index in [9.17, 15) is 14.0 Å². The van der Waals surface area contributed by atoms with Crippen LogP contribution in [0.1, 0.15) is 71.7 Å². The number of halogens is 1. The predicted octanol–water partition coefficient (Wildman–Crippen LogP) is 5.57. The van der Waals surface area contributed by atoms with Gasteiger partial charge in [-0.15, -0.1) is 0 Å². The summed E-state index contributed by atoms with van der Waals surface area (Å²) in [6.07, 6.45) is 6.59. The number of hydrogen-bond donors (Lipinski definition) is 1. The van der Waals surface area contributed by atoms with E-state index in [-0.39, 0.29) is 11.5 Å². The first kappa shape index (κ1) is 20.6. The summed E-state index contributed by atoms with van der Waals surface area (Å²) in [6, 6.07) is 12.0. The van der Waals surface area contributed by atoms with Gasteiger partial charge in [0.05, 0.1) is 5.56 Å². The van der Waals surface area contributed by atoms with Crippen molar-refractivity contribution in [1.82, 2.24) is 4.90 Å². The largest absolute Gasteiger partial charge is 0.333 e. The fourth-order valence-corrected chi connectivity index (χ4v) is 4.38. The number of rotatable bonds is 5.